The van der Waals surface area contributed by atoms with Crippen LogP contribution in [-0.4, -0.2) is 5.97 Å². The molecule has 0 bridgehead atoms. The molecule has 0 heterocycles. The van der Waals surface area contributed by atoms with Gasteiger partial charge in [0.25, 0.3) is 0 Å². The molecule has 2 nitrogen and oxygen atoms in total. The maximum atomic E-state index is 11.0. The molecule has 60 valence electrons. The van der Waals surface area contributed by atoms with E-state index < -0.39 is 0 Å². The second-order valence-corrected chi connectivity index (χ2v) is 2.63. The average molecular weight is 152 g/mol. The van der Waals surface area contributed by atoms with E-state index in [1.165, 1.54) is 6.26 Å². The van der Waals surface area contributed by atoms with Gasteiger partial charge in [-0.2, -0.15) is 0 Å². The fourth-order valence-electron chi connectivity index (χ4n) is 0.902. The van der Waals surface area contributed by atoms with Crippen molar-refractivity contribution in [2.24, 2.45) is 5.92 Å². The van der Waals surface area contributed by atoms with Crippen molar-refractivity contribution in [3.63, 3.8) is 0 Å². The number of hydrogen-bond acceptors (Lipinski definition) is 2. The molecule has 0 saturated heterocycles. The van der Waals surface area contributed by atoms with Crippen molar-refractivity contribution < 1.29 is 9.53 Å². The highest BCUT2D eigenvalue weighted by atomic mass is 16.5. The zero-order chi connectivity index (χ0) is 8.10. The van der Waals surface area contributed by atoms with Crippen molar-refractivity contribution in [3.05, 3.63) is 25.0 Å². The summed E-state index contributed by atoms with van der Waals surface area (Å²) in [5.41, 5.74) is 0. The average Bonchev–Trinajstić information content (AvgIpc) is 1.84. The Kier molecular flexibility index (Phi) is 2.90. The third-order valence-electron chi connectivity index (χ3n) is 1.84. The Morgan fingerprint density at radius 2 is 2.27 bits per heavy atom. The molecule has 1 saturated carbocycles. The minimum absolute atomic E-state index is 0.102. The van der Waals surface area contributed by atoms with Crippen LogP contribution in [0.1, 0.15) is 19.3 Å². The minimum atomic E-state index is -0.102. The molecule has 1 aliphatic rings. The van der Waals surface area contributed by atoms with Crippen LogP contribution in [0.4, 0.5) is 0 Å². The summed E-state index contributed by atoms with van der Waals surface area (Å²) in [7, 11) is 0. The number of carbonyl (C=O) groups excluding carboxylic acids is 1. The third kappa shape index (κ3) is 2.22. The zero-order valence-corrected chi connectivity index (χ0v) is 6.45. The standard InChI is InChI=1S/C9H12O2/c1-2-3-7-11-9(10)8-5-4-6-8/h2-3,7-8H,1,4-6H2/b7-3+. The molecular weight excluding hydrogens is 140 g/mol. The van der Waals surface area contributed by atoms with Crippen LogP contribution in [-0.2, 0) is 9.53 Å². The Labute approximate surface area is 66.5 Å². The molecule has 0 N–H and O–H groups in total. The van der Waals surface area contributed by atoms with Gasteiger partial charge in [-0.25, -0.2) is 0 Å². The van der Waals surface area contributed by atoms with Crippen LogP contribution in [0.5, 0.6) is 0 Å². The van der Waals surface area contributed by atoms with Gasteiger partial charge in [-0.3, -0.25) is 4.79 Å². The summed E-state index contributed by atoms with van der Waals surface area (Å²) >= 11 is 0. The van der Waals surface area contributed by atoms with Gasteiger partial charge in [0.05, 0.1) is 12.2 Å². The van der Waals surface area contributed by atoms with Gasteiger partial charge in [0.1, 0.15) is 0 Å². The van der Waals surface area contributed by atoms with Gasteiger partial charge in [0, 0.05) is 0 Å². The lowest BCUT2D eigenvalue weighted by molar-refractivity contribution is -0.145. The molecule has 0 atom stereocenters. The Morgan fingerprint density at radius 3 is 2.73 bits per heavy atom. The Morgan fingerprint density at radius 1 is 1.55 bits per heavy atom. The first-order chi connectivity index (χ1) is 5.34. The predicted molar refractivity (Wildman–Crippen MR) is 42.8 cm³/mol. The Hall–Kier alpha value is -1.05. The number of esters is 1. The lowest BCUT2D eigenvalue weighted by atomic mass is 9.86. The highest BCUT2D eigenvalue weighted by Gasteiger charge is 2.25. The van der Waals surface area contributed by atoms with E-state index in [9.17, 15) is 4.79 Å². The molecule has 0 spiro atoms. The molecule has 2 heteroatoms. The quantitative estimate of drug-likeness (QED) is 0.351. The molecule has 0 radical (unpaired) electrons. The smallest absolute Gasteiger partial charge is 0.313 e. The Bertz CT molecular complexity index is 178. The second kappa shape index (κ2) is 3.96. The number of carbonyl (C=O) groups is 1. The van der Waals surface area contributed by atoms with Crippen LogP contribution in [0.25, 0.3) is 0 Å². The molecule has 0 aliphatic heterocycles. The van der Waals surface area contributed by atoms with Crippen LogP contribution in [0.15, 0.2) is 25.0 Å². The molecule has 11 heavy (non-hydrogen) atoms. The van der Waals surface area contributed by atoms with Crippen molar-refractivity contribution in [2.45, 2.75) is 19.3 Å². The summed E-state index contributed by atoms with van der Waals surface area (Å²) in [4.78, 5) is 11.0. The van der Waals surface area contributed by atoms with E-state index in [1.54, 1.807) is 12.2 Å². The fraction of sp³-hybridized carbons (Fsp3) is 0.444. The van der Waals surface area contributed by atoms with E-state index in [0.717, 1.165) is 19.3 Å². The summed E-state index contributed by atoms with van der Waals surface area (Å²) in [6.45, 7) is 3.46. The molecule has 0 aromatic rings. The largest absolute Gasteiger partial charge is 0.434 e. The Balaban J connectivity index is 2.19. The van der Waals surface area contributed by atoms with E-state index in [2.05, 4.69) is 6.58 Å². The van der Waals surface area contributed by atoms with Crippen LogP contribution in [0, 0.1) is 5.92 Å². The summed E-state index contributed by atoms with van der Waals surface area (Å²) in [6.07, 6.45) is 7.70. The van der Waals surface area contributed by atoms with Gasteiger partial charge < -0.3 is 4.74 Å². The first kappa shape index (κ1) is 8.05. The molecule has 0 unspecified atom stereocenters. The van der Waals surface area contributed by atoms with Crippen molar-refractivity contribution in [3.8, 4) is 0 Å². The van der Waals surface area contributed by atoms with Crippen LogP contribution in [0.3, 0.4) is 0 Å². The van der Waals surface area contributed by atoms with Gasteiger partial charge in [0.15, 0.2) is 0 Å². The van der Waals surface area contributed by atoms with Crippen LogP contribution >= 0.6 is 0 Å². The zero-order valence-electron chi connectivity index (χ0n) is 6.45. The van der Waals surface area contributed by atoms with E-state index in [4.69, 9.17) is 4.74 Å². The van der Waals surface area contributed by atoms with Gasteiger partial charge in [0.2, 0.25) is 0 Å². The van der Waals surface area contributed by atoms with Gasteiger partial charge in [-0.15, -0.1) is 0 Å². The molecule has 0 aromatic carbocycles. The summed E-state index contributed by atoms with van der Waals surface area (Å²) in [6, 6.07) is 0. The summed E-state index contributed by atoms with van der Waals surface area (Å²) in [5, 5.41) is 0. The third-order valence-corrected chi connectivity index (χ3v) is 1.84. The van der Waals surface area contributed by atoms with Gasteiger partial charge in [-0.05, 0) is 18.9 Å². The molecule has 0 amide bonds. The van der Waals surface area contributed by atoms with E-state index >= 15 is 0 Å². The highest BCUT2D eigenvalue weighted by Crippen LogP contribution is 2.27. The molecule has 0 aromatic heterocycles. The lowest BCUT2D eigenvalue weighted by Crippen LogP contribution is -2.22. The number of allylic oxidation sites excluding steroid dienone is 2. The predicted octanol–water partition coefficient (Wildman–Crippen LogP) is 2.03. The SMILES string of the molecule is C=C/C=C/OC(=O)C1CCC1. The van der Waals surface area contributed by atoms with Crippen molar-refractivity contribution >= 4 is 5.97 Å². The fourth-order valence-corrected chi connectivity index (χ4v) is 0.902. The van der Waals surface area contributed by atoms with E-state index in [1.807, 2.05) is 0 Å². The number of hydrogen-bond donors (Lipinski definition) is 0. The van der Waals surface area contributed by atoms with Gasteiger partial charge >= 0.3 is 5.97 Å². The minimum Gasteiger partial charge on any atom is -0.434 e. The molecule has 1 rings (SSSR count). The van der Waals surface area contributed by atoms with E-state index in [-0.39, 0.29) is 11.9 Å². The molecule has 1 fully saturated rings. The molecule has 1 aliphatic carbocycles. The molecular formula is C9H12O2. The maximum absolute atomic E-state index is 11.0. The van der Waals surface area contributed by atoms with Crippen LogP contribution in [0.2, 0.25) is 0 Å². The highest BCUT2D eigenvalue weighted by molar-refractivity contribution is 5.73. The van der Waals surface area contributed by atoms with Crippen molar-refractivity contribution in [2.75, 3.05) is 0 Å². The van der Waals surface area contributed by atoms with Crippen LogP contribution < -0.4 is 0 Å². The van der Waals surface area contributed by atoms with Gasteiger partial charge in [-0.1, -0.05) is 19.1 Å². The number of rotatable bonds is 3. The first-order valence-electron chi connectivity index (χ1n) is 3.82. The van der Waals surface area contributed by atoms with E-state index in [0.29, 0.717) is 0 Å². The normalized spacial score (nSPS) is 17.8. The summed E-state index contributed by atoms with van der Waals surface area (Å²) < 4.78 is 4.80. The van der Waals surface area contributed by atoms with Crippen molar-refractivity contribution in [1.29, 1.82) is 0 Å². The monoisotopic (exact) mass is 152 g/mol. The maximum Gasteiger partial charge on any atom is 0.313 e. The van der Waals surface area contributed by atoms with Crippen molar-refractivity contribution in [1.82, 2.24) is 0 Å². The number of ether oxygens (including phenoxy) is 1. The lowest BCUT2D eigenvalue weighted by Gasteiger charge is -2.21. The summed E-state index contributed by atoms with van der Waals surface area (Å²) in [5.74, 6) is 0.0545. The topological polar surface area (TPSA) is 26.3 Å². The second-order valence-electron chi connectivity index (χ2n) is 2.63. The first-order valence-corrected chi connectivity index (χ1v) is 3.82.